The van der Waals surface area contributed by atoms with Crippen LogP contribution in [0.5, 0.6) is 0 Å². The smallest absolute Gasteiger partial charge is 0.0130 e. The highest BCUT2D eigenvalue weighted by Gasteiger charge is 2.27. The monoisotopic (exact) mass is 214 g/mol. The number of rotatable bonds is 5. The van der Waals surface area contributed by atoms with E-state index in [0.717, 1.165) is 13.1 Å². The Morgan fingerprint density at radius 3 is 1.73 bits per heavy atom. The number of hydrogen-bond acceptors (Lipinski definition) is 2. The van der Waals surface area contributed by atoms with E-state index < -0.39 is 0 Å². The van der Waals surface area contributed by atoms with Gasteiger partial charge >= 0.3 is 0 Å². The first-order valence-electron chi connectivity index (χ1n) is 5.93. The van der Waals surface area contributed by atoms with Crippen molar-refractivity contribution in [3.63, 3.8) is 0 Å². The lowest BCUT2D eigenvalue weighted by atomic mass is 9.81. The second kappa shape index (κ2) is 4.84. The molecule has 0 bridgehead atoms. The van der Waals surface area contributed by atoms with Crippen LogP contribution in [0.3, 0.4) is 0 Å². The molecule has 0 aromatic rings. The number of nitrogens with two attached hydrogens (primary N) is 1. The molecule has 0 spiro atoms. The second-order valence-corrected chi connectivity index (χ2v) is 7.34. The normalized spacial score (nSPS) is 14.4. The van der Waals surface area contributed by atoms with Crippen molar-refractivity contribution >= 4 is 0 Å². The van der Waals surface area contributed by atoms with E-state index in [2.05, 4.69) is 53.8 Å². The van der Waals surface area contributed by atoms with Crippen molar-refractivity contribution in [1.82, 2.24) is 5.32 Å². The lowest BCUT2D eigenvalue weighted by molar-refractivity contribution is 0.213. The second-order valence-electron chi connectivity index (χ2n) is 7.34. The largest absolute Gasteiger partial charge is 0.330 e. The third kappa shape index (κ3) is 7.80. The van der Waals surface area contributed by atoms with Gasteiger partial charge in [0.1, 0.15) is 0 Å². The molecule has 0 aliphatic heterocycles. The van der Waals surface area contributed by atoms with E-state index in [-0.39, 0.29) is 11.0 Å². The Balaban J connectivity index is 4.16. The molecule has 0 unspecified atom stereocenters. The molecule has 3 N–H and O–H groups in total. The van der Waals surface area contributed by atoms with E-state index in [1.807, 2.05) is 0 Å². The zero-order chi connectivity index (χ0) is 12.3. The van der Waals surface area contributed by atoms with E-state index in [1.165, 1.54) is 6.42 Å². The molecular formula is C13H30N2. The standard InChI is InChI=1S/C13H30N2/c1-11(2,3)8-13(6,7)15-10-12(4,5)9-14/h15H,8-10,14H2,1-7H3. The fourth-order valence-corrected chi connectivity index (χ4v) is 1.94. The van der Waals surface area contributed by atoms with Crippen LogP contribution in [-0.4, -0.2) is 18.6 Å². The van der Waals surface area contributed by atoms with Crippen molar-refractivity contribution in [3.05, 3.63) is 0 Å². The maximum atomic E-state index is 5.72. The fourth-order valence-electron chi connectivity index (χ4n) is 1.94. The van der Waals surface area contributed by atoms with Gasteiger partial charge in [-0.3, -0.25) is 0 Å². The molecule has 15 heavy (non-hydrogen) atoms. The minimum Gasteiger partial charge on any atom is -0.330 e. The number of hydrogen-bond donors (Lipinski definition) is 2. The van der Waals surface area contributed by atoms with Gasteiger partial charge in [-0.2, -0.15) is 0 Å². The molecular weight excluding hydrogens is 184 g/mol. The summed E-state index contributed by atoms with van der Waals surface area (Å²) in [5, 5.41) is 3.63. The molecule has 0 aliphatic carbocycles. The first kappa shape index (κ1) is 14.9. The first-order valence-corrected chi connectivity index (χ1v) is 5.93. The molecule has 0 heterocycles. The summed E-state index contributed by atoms with van der Waals surface area (Å²) >= 11 is 0. The minimum absolute atomic E-state index is 0.185. The molecule has 0 radical (unpaired) electrons. The zero-order valence-corrected chi connectivity index (χ0v) is 11.7. The summed E-state index contributed by atoms with van der Waals surface area (Å²) in [6.45, 7) is 17.5. The Bertz CT molecular complexity index is 187. The fraction of sp³-hybridized carbons (Fsp3) is 1.00. The van der Waals surface area contributed by atoms with Gasteiger partial charge in [0, 0.05) is 12.1 Å². The SMILES string of the molecule is CC(C)(C)CC(C)(C)NCC(C)(C)CN. The third-order valence-corrected chi connectivity index (χ3v) is 2.57. The van der Waals surface area contributed by atoms with Crippen LogP contribution in [-0.2, 0) is 0 Å². The molecule has 0 rings (SSSR count). The Morgan fingerprint density at radius 1 is 0.933 bits per heavy atom. The Labute approximate surface area is 96.0 Å². The topological polar surface area (TPSA) is 38.0 Å². The summed E-state index contributed by atoms with van der Waals surface area (Å²) in [7, 11) is 0. The molecule has 0 aromatic carbocycles. The van der Waals surface area contributed by atoms with E-state index in [1.54, 1.807) is 0 Å². The summed E-state index contributed by atoms with van der Waals surface area (Å²) in [5.41, 5.74) is 6.46. The van der Waals surface area contributed by atoms with Crippen LogP contribution in [0, 0.1) is 10.8 Å². The van der Waals surface area contributed by atoms with Crippen molar-refractivity contribution in [2.24, 2.45) is 16.6 Å². The molecule has 0 aromatic heterocycles. The minimum atomic E-state index is 0.185. The molecule has 0 fully saturated rings. The van der Waals surface area contributed by atoms with Crippen LogP contribution >= 0.6 is 0 Å². The maximum absolute atomic E-state index is 5.72. The lowest BCUT2D eigenvalue weighted by Gasteiger charge is -2.36. The van der Waals surface area contributed by atoms with Gasteiger partial charge in [-0.15, -0.1) is 0 Å². The molecule has 0 saturated heterocycles. The van der Waals surface area contributed by atoms with Gasteiger partial charge < -0.3 is 11.1 Å². The van der Waals surface area contributed by atoms with E-state index in [0.29, 0.717) is 5.41 Å². The van der Waals surface area contributed by atoms with Crippen LogP contribution in [0.25, 0.3) is 0 Å². The third-order valence-electron chi connectivity index (χ3n) is 2.57. The van der Waals surface area contributed by atoms with Gasteiger partial charge in [0.15, 0.2) is 0 Å². The molecule has 0 saturated carbocycles. The highest BCUT2D eigenvalue weighted by Crippen LogP contribution is 2.27. The average Bonchev–Trinajstić information content (AvgIpc) is 1.97. The van der Waals surface area contributed by atoms with Crippen molar-refractivity contribution in [2.45, 2.75) is 60.4 Å². The van der Waals surface area contributed by atoms with Crippen LogP contribution in [0.1, 0.15) is 54.9 Å². The number of nitrogens with one attached hydrogen (secondary N) is 1. The molecule has 92 valence electrons. The molecule has 2 heteroatoms. The Morgan fingerprint density at radius 2 is 1.40 bits per heavy atom. The highest BCUT2D eigenvalue weighted by molar-refractivity contribution is 4.85. The van der Waals surface area contributed by atoms with Gasteiger partial charge in [0.05, 0.1) is 0 Å². The molecule has 2 nitrogen and oxygen atoms in total. The van der Waals surface area contributed by atoms with Gasteiger partial charge in [0.25, 0.3) is 0 Å². The van der Waals surface area contributed by atoms with Crippen molar-refractivity contribution < 1.29 is 0 Å². The quantitative estimate of drug-likeness (QED) is 0.738. The predicted octanol–water partition coefficient (Wildman–Crippen LogP) is 2.78. The van der Waals surface area contributed by atoms with Crippen molar-refractivity contribution in [3.8, 4) is 0 Å². The van der Waals surface area contributed by atoms with Gasteiger partial charge in [-0.05, 0) is 37.6 Å². The van der Waals surface area contributed by atoms with Crippen LogP contribution in [0.4, 0.5) is 0 Å². The van der Waals surface area contributed by atoms with Gasteiger partial charge in [-0.1, -0.05) is 34.6 Å². The Kier molecular flexibility index (Phi) is 4.81. The maximum Gasteiger partial charge on any atom is 0.0130 e. The summed E-state index contributed by atoms with van der Waals surface area (Å²) in [6.07, 6.45) is 1.17. The molecule has 0 amide bonds. The van der Waals surface area contributed by atoms with E-state index in [9.17, 15) is 0 Å². The highest BCUT2D eigenvalue weighted by atomic mass is 15.0. The Hall–Kier alpha value is -0.0800. The molecule has 0 atom stereocenters. The van der Waals surface area contributed by atoms with Crippen LogP contribution in [0.15, 0.2) is 0 Å². The zero-order valence-electron chi connectivity index (χ0n) is 11.7. The summed E-state index contributed by atoms with van der Waals surface area (Å²) in [6, 6.07) is 0. The lowest BCUT2D eigenvalue weighted by Crippen LogP contribution is -2.48. The van der Waals surface area contributed by atoms with E-state index in [4.69, 9.17) is 5.73 Å². The van der Waals surface area contributed by atoms with Gasteiger partial charge in [0.2, 0.25) is 0 Å². The first-order chi connectivity index (χ1) is 6.47. The van der Waals surface area contributed by atoms with Crippen molar-refractivity contribution in [1.29, 1.82) is 0 Å². The molecule has 0 aliphatic rings. The van der Waals surface area contributed by atoms with Crippen LogP contribution in [0.2, 0.25) is 0 Å². The van der Waals surface area contributed by atoms with Crippen molar-refractivity contribution in [2.75, 3.05) is 13.1 Å². The average molecular weight is 214 g/mol. The summed E-state index contributed by atoms with van der Waals surface area (Å²) in [5.74, 6) is 0. The van der Waals surface area contributed by atoms with Crippen LogP contribution < -0.4 is 11.1 Å². The summed E-state index contributed by atoms with van der Waals surface area (Å²) < 4.78 is 0. The van der Waals surface area contributed by atoms with E-state index >= 15 is 0 Å². The van der Waals surface area contributed by atoms with Gasteiger partial charge in [-0.25, -0.2) is 0 Å². The summed E-state index contributed by atoms with van der Waals surface area (Å²) in [4.78, 5) is 0. The predicted molar refractivity (Wildman–Crippen MR) is 69.0 cm³/mol.